The van der Waals surface area contributed by atoms with Crippen LogP contribution in [-0.2, 0) is 0 Å². The number of aromatic nitrogens is 2. The second-order valence-corrected chi connectivity index (χ2v) is 4.83. The van der Waals surface area contributed by atoms with E-state index in [0.717, 1.165) is 32.9 Å². The van der Waals surface area contributed by atoms with Crippen molar-refractivity contribution in [2.75, 3.05) is 0 Å². The van der Waals surface area contributed by atoms with Crippen molar-refractivity contribution >= 4 is 27.4 Å². The lowest BCUT2D eigenvalue weighted by Gasteiger charge is -2.02. The van der Waals surface area contributed by atoms with Crippen molar-refractivity contribution in [1.82, 2.24) is 9.97 Å². The molecule has 1 aromatic carbocycles. The Morgan fingerprint density at radius 3 is 2.81 bits per heavy atom. The Bertz CT molecular complexity index is 885. The van der Waals surface area contributed by atoms with Crippen molar-refractivity contribution in [2.45, 2.75) is 6.92 Å². The molecule has 0 amide bonds. The van der Waals surface area contributed by atoms with Crippen molar-refractivity contribution in [1.29, 1.82) is 0 Å². The van der Waals surface area contributed by atoms with Gasteiger partial charge in [-0.2, -0.15) is 0 Å². The Morgan fingerprint density at radius 1 is 1.19 bits per heavy atom. The Hall–Kier alpha value is -2.68. The van der Waals surface area contributed by atoms with Gasteiger partial charge in [-0.15, -0.1) is 0 Å². The third kappa shape index (κ3) is 2.50. The number of allylic oxidation sites excluding steroid dienone is 5. The van der Waals surface area contributed by atoms with E-state index in [-0.39, 0.29) is 0 Å². The van der Waals surface area contributed by atoms with E-state index in [2.05, 4.69) is 28.7 Å². The van der Waals surface area contributed by atoms with Crippen molar-refractivity contribution < 1.29 is 4.39 Å². The average Bonchev–Trinajstić information content (AvgIpc) is 2.85. The summed E-state index contributed by atoms with van der Waals surface area (Å²) in [5.41, 5.74) is 4.09. The summed E-state index contributed by atoms with van der Waals surface area (Å²) < 4.78 is 12.8. The largest absolute Gasteiger partial charge is 0.354 e. The van der Waals surface area contributed by atoms with Gasteiger partial charge in [0.2, 0.25) is 0 Å². The van der Waals surface area contributed by atoms with Crippen LogP contribution in [0, 0.1) is 0 Å². The van der Waals surface area contributed by atoms with E-state index >= 15 is 0 Å². The first-order valence-electron chi connectivity index (χ1n) is 6.73. The highest BCUT2D eigenvalue weighted by Crippen LogP contribution is 2.27. The Morgan fingerprint density at radius 2 is 2.05 bits per heavy atom. The number of hydrogen-bond acceptors (Lipinski definition) is 1. The molecule has 2 heterocycles. The zero-order valence-corrected chi connectivity index (χ0v) is 11.7. The minimum Gasteiger partial charge on any atom is -0.354 e. The predicted octanol–water partition coefficient (Wildman–Crippen LogP) is 5.16. The average molecular weight is 278 g/mol. The smallest absolute Gasteiger partial charge is 0.116 e. The van der Waals surface area contributed by atoms with E-state index in [0.29, 0.717) is 0 Å². The monoisotopic (exact) mass is 278 g/mol. The molecule has 0 aliphatic heterocycles. The topological polar surface area (TPSA) is 28.7 Å². The maximum atomic E-state index is 12.8. The van der Waals surface area contributed by atoms with Gasteiger partial charge in [-0.1, -0.05) is 30.9 Å². The van der Waals surface area contributed by atoms with E-state index in [1.54, 1.807) is 12.3 Å². The number of nitrogens with zero attached hydrogens (tertiary/aromatic N) is 1. The molecule has 0 atom stereocenters. The van der Waals surface area contributed by atoms with Gasteiger partial charge in [-0.3, -0.25) is 4.98 Å². The van der Waals surface area contributed by atoms with Gasteiger partial charge in [0.1, 0.15) is 5.83 Å². The number of hydrogen-bond donors (Lipinski definition) is 1. The lowest BCUT2D eigenvalue weighted by atomic mass is 10.0. The highest BCUT2D eigenvalue weighted by Gasteiger charge is 2.06. The number of benzene rings is 1. The van der Waals surface area contributed by atoms with Crippen LogP contribution in [0.4, 0.5) is 4.39 Å². The number of nitrogens with one attached hydrogen (secondary N) is 1. The van der Waals surface area contributed by atoms with Gasteiger partial charge in [-0.05, 0) is 36.3 Å². The molecule has 3 rings (SSSR count). The molecule has 0 radical (unpaired) electrons. The van der Waals surface area contributed by atoms with Crippen molar-refractivity contribution in [3.8, 4) is 0 Å². The van der Waals surface area contributed by atoms with Crippen LogP contribution in [0.2, 0.25) is 0 Å². The second-order valence-electron chi connectivity index (χ2n) is 4.83. The summed E-state index contributed by atoms with van der Waals surface area (Å²) in [6.45, 7) is 5.17. The molecule has 0 saturated heterocycles. The maximum absolute atomic E-state index is 12.8. The molecule has 0 aliphatic carbocycles. The Labute approximate surface area is 122 Å². The molecule has 1 N–H and O–H groups in total. The molecule has 21 heavy (non-hydrogen) atoms. The van der Waals surface area contributed by atoms with E-state index in [1.807, 2.05) is 31.3 Å². The van der Waals surface area contributed by atoms with E-state index in [1.165, 1.54) is 6.08 Å². The molecule has 0 aliphatic rings. The summed E-state index contributed by atoms with van der Waals surface area (Å²) >= 11 is 0. The number of aromatic amines is 1. The standard InChI is InChI=1S/C18H15FN2/c1-3-13(5-4-12(2)19)14-6-7-15-16-11-20-9-8-17(16)21-18(15)10-14/h3-11,21H,2H2,1H3/b5-4-,13-3+. The maximum Gasteiger partial charge on any atom is 0.116 e. The van der Waals surface area contributed by atoms with Gasteiger partial charge in [0, 0.05) is 34.2 Å². The minimum absolute atomic E-state index is 0.452. The number of pyridine rings is 1. The summed E-state index contributed by atoms with van der Waals surface area (Å²) in [5.74, 6) is -0.452. The molecule has 0 spiro atoms. The summed E-state index contributed by atoms with van der Waals surface area (Å²) in [6, 6.07) is 8.12. The molecule has 3 heteroatoms. The van der Waals surface area contributed by atoms with Crippen LogP contribution in [0.25, 0.3) is 27.4 Å². The molecular weight excluding hydrogens is 263 g/mol. The highest BCUT2D eigenvalue weighted by atomic mass is 19.1. The molecule has 2 aromatic heterocycles. The van der Waals surface area contributed by atoms with Crippen molar-refractivity contribution in [2.24, 2.45) is 0 Å². The second kappa shape index (κ2) is 5.37. The lowest BCUT2D eigenvalue weighted by Crippen LogP contribution is -1.81. The first-order valence-corrected chi connectivity index (χ1v) is 6.73. The number of rotatable bonds is 3. The van der Waals surface area contributed by atoms with Crippen LogP contribution in [0.15, 0.2) is 67.3 Å². The SMILES string of the molecule is C=C(F)/C=C\C(=C/C)c1ccc2c(c1)[nH]c1ccncc12. The van der Waals surface area contributed by atoms with E-state index < -0.39 is 5.83 Å². The van der Waals surface area contributed by atoms with Crippen LogP contribution in [0.5, 0.6) is 0 Å². The first-order chi connectivity index (χ1) is 10.2. The molecular formula is C18H15FN2. The third-order valence-electron chi connectivity index (χ3n) is 3.49. The molecule has 2 nitrogen and oxygen atoms in total. The molecule has 0 fully saturated rings. The molecule has 0 bridgehead atoms. The van der Waals surface area contributed by atoms with Gasteiger partial charge >= 0.3 is 0 Å². The molecule has 104 valence electrons. The Balaban J connectivity index is 2.12. The highest BCUT2D eigenvalue weighted by molar-refractivity contribution is 6.07. The fourth-order valence-electron chi connectivity index (χ4n) is 2.46. The van der Waals surface area contributed by atoms with Gasteiger partial charge in [0.05, 0.1) is 0 Å². The van der Waals surface area contributed by atoms with Crippen LogP contribution < -0.4 is 0 Å². The summed E-state index contributed by atoms with van der Waals surface area (Å²) in [7, 11) is 0. The fourth-order valence-corrected chi connectivity index (χ4v) is 2.46. The molecule has 3 aromatic rings. The van der Waals surface area contributed by atoms with Gasteiger partial charge in [-0.25, -0.2) is 4.39 Å². The summed E-state index contributed by atoms with van der Waals surface area (Å²) in [4.78, 5) is 7.54. The van der Waals surface area contributed by atoms with Crippen LogP contribution in [0.1, 0.15) is 12.5 Å². The number of fused-ring (bicyclic) bond motifs is 3. The van der Waals surface area contributed by atoms with Gasteiger partial charge in [0.25, 0.3) is 0 Å². The molecule has 0 unspecified atom stereocenters. The minimum atomic E-state index is -0.452. The van der Waals surface area contributed by atoms with E-state index in [9.17, 15) is 4.39 Å². The Kier molecular flexibility index (Phi) is 3.40. The van der Waals surface area contributed by atoms with Crippen molar-refractivity contribution in [3.63, 3.8) is 0 Å². The quantitative estimate of drug-likeness (QED) is 0.659. The van der Waals surface area contributed by atoms with Crippen molar-refractivity contribution in [3.05, 3.63) is 72.9 Å². The zero-order valence-electron chi connectivity index (χ0n) is 11.7. The van der Waals surface area contributed by atoms with Crippen LogP contribution in [-0.4, -0.2) is 9.97 Å². The lowest BCUT2D eigenvalue weighted by molar-refractivity contribution is 0.671. The van der Waals surface area contributed by atoms with E-state index in [4.69, 9.17) is 0 Å². The summed E-state index contributed by atoms with van der Waals surface area (Å²) in [6.07, 6.45) is 8.68. The third-order valence-corrected chi connectivity index (χ3v) is 3.49. The number of H-pyrrole nitrogens is 1. The summed E-state index contributed by atoms with van der Waals surface area (Å²) in [5, 5.41) is 2.24. The number of halogens is 1. The fraction of sp³-hybridized carbons (Fsp3) is 0.0556. The van der Waals surface area contributed by atoms with Gasteiger partial charge in [0.15, 0.2) is 0 Å². The first kappa shape index (κ1) is 13.3. The zero-order chi connectivity index (χ0) is 14.8. The van der Waals surface area contributed by atoms with Crippen LogP contribution >= 0.6 is 0 Å². The predicted molar refractivity (Wildman–Crippen MR) is 86.6 cm³/mol. The van der Waals surface area contributed by atoms with Gasteiger partial charge < -0.3 is 4.98 Å². The van der Waals surface area contributed by atoms with Crippen LogP contribution in [0.3, 0.4) is 0 Å². The molecule has 0 saturated carbocycles. The normalized spacial score (nSPS) is 12.6.